The molecule has 0 bridgehead atoms. The average Bonchev–Trinajstić information content (AvgIpc) is 3.30. The molecule has 5 nitrogen and oxygen atoms in total. The smallest absolute Gasteiger partial charge is 0.224 e. The molecule has 1 unspecified atom stereocenters. The van der Waals surface area contributed by atoms with E-state index in [1.807, 2.05) is 37.3 Å². The molecule has 5 heteroatoms. The quantitative estimate of drug-likeness (QED) is 0.299. The van der Waals surface area contributed by atoms with E-state index < -0.39 is 0 Å². The first-order chi connectivity index (χ1) is 17.5. The highest BCUT2D eigenvalue weighted by Crippen LogP contribution is 2.25. The van der Waals surface area contributed by atoms with Crippen molar-refractivity contribution in [1.82, 2.24) is 9.88 Å². The molecular formula is C31H40N4O. The Morgan fingerprint density at radius 1 is 1.14 bits per heavy atom. The van der Waals surface area contributed by atoms with Crippen molar-refractivity contribution >= 4 is 28.3 Å². The Labute approximate surface area is 216 Å². The van der Waals surface area contributed by atoms with Crippen LogP contribution >= 0.6 is 0 Å². The number of rotatable bonds is 10. The van der Waals surface area contributed by atoms with Gasteiger partial charge in [0.15, 0.2) is 0 Å². The van der Waals surface area contributed by atoms with Crippen LogP contribution in [0.2, 0.25) is 0 Å². The molecule has 1 aromatic heterocycles. The molecule has 4 rings (SSSR count). The zero-order valence-corrected chi connectivity index (χ0v) is 21.8. The second-order valence-electron chi connectivity index (χ2n) is 9.52. The second kappa shape index (κ2) is 14.2. The van der Waals surface area contributed by atoms with Gasteiger partial charge in [0, 0.05) is 37.5 Å². The van der Waals surface area contributed by atoms with Crippen LogP contribution in [0.25, 0.3) is 10.9 Å². The van der Waals surface area contributed by atoms with Gasteiger partial charge in [-0.25, -0.2) is 4.98 Å². The van der Waals surface area contributed by atoms with Crippen LogP contribution in [0.1, 0.15) is 51.5 Å². The summed E-state index contributed by atoms with van der Waals surface area (Å²) in [5.41, 5.74) is 4.26. The summed E-state index contributed by atoms with van der Waals surface area (Å²) in [5, 5.41) is 7.61. The molecule has 0 aliphatic carbocycles. The Morgan fingerprint density at radius 2 is 1.94 bits per heavy atom. The van der Waals surface area contributed by atoms with Crippen LogP contribution in [0.15, 0.2) is 85.5 Å². The predicted octanol–water partition coefficient (Wildman–Crippen LogP) is 7.19. The molecule has 1 saturated heterocycles. The van der Waals surface area contributed by atoms with Gasteiger partial charge < -0.3 is 10.6 Å². The number of unbranched alkanes of at least 4 members (excludes halogenated alkanes) is 1. The van der Waals surface area contributed by atoms with Crippen LogP contribution in [0.4, 0.5) is 11.5 Å². The maximum atomic E-state index is 12.1. The number of hydrogen-bond acceptors (Lipinski definition) is 4. The Bertz CT molecular complexity index is 1140. The number of nitrogens with one attached hydrogen (secondary N) is 2. The van der Waals surface area contributed by atoms with Crippen molar-refractivity contribution in [2.75, 3.05) is 23.7 Å². The highest BCUT2D eigenvalue weighted by molar-refractivity contribution is 6.01. The first-order valence-corrected chi connectivity index (χ1v) is 13.0. The molecule has 1 aliphatic rings. The van der Waals surface area contributed by atoms with Crippen LogP contribution in [0.5, 0.6) is 0 Å². The maximum Gasteiger partial charge on any atom is 0.224 e. The number of carbonyl (C=O) groups is 1. The molecular weight excluding hydrogens is 444 g/mol. The minimum Gasteiger partial charge on any atom is -0.366 e. The lowest BCUT2D eigenvalue weighted by Gasteiger charge is -2.17. The minimum atomic E-state index is 0.0658. The van der Waals surface area contributed by atoms with E-state index in [2.05, 4.69) is 72.0 Å². The van der Waals surface area contributed by atoms with Gasteiger partial charge in [-0.3, -0.25) is 9.69 Å². The molecule has 0 spiro atoms. The zero-order valence-electron chi connectivity index (χ0n) is 21.8. The van der Waals surface area contributed by atoms with Gasteiger partial charge in [0.25, 0.3) is 0 Å². The third-order valence-electron chi connectivity index (χ3n) is 6.13. The van der Waals surface area contributed by atoms with Gasteiger partial charge >= 0.3 is 0 Å². The normalized spacial score (nSPS) is 15.1. The summed E-state index contributed by atoms with van der Waals surface area (Å²) in [5.74, 6) is 0.958. The molecule has 0 radical (unpaired) electrons. The molecule has 0 saturated carbocycles. The molecule has 3 aromatic rings. The van der Waals surface area contributed by atoms with Crippen molar-refractivity contribution < 1.29 is 4.79 Å². The number of amides is 1. The Kier molecular flexibility index (Phi) is 10.7. The number of likely N-dealkylation sites (tertiary alicyclic amines) is 1. The van der Waals surface area contributed by atoms with Crippen LogP contribution in [0.3, 0.4) is 0 Å². The lowest BCUT2D eigenvalue weighted by Crippen LogP contribution is -2.26. The van der Waals surface area contributed by atoms with Crippen molar-refractivity contribution in [2.45, 2.75) is 58.5 Å². The Hall–Kier alpha value is -3.44. The summed E-state index contributed by atoms with van der Waals surface area (Å²) >= 11 is 0. The van der Waals surface area contributed by atoms with E-state index >= 15 is 0 Å². The number of fused-ring (bicyclic) bond motifs is 1. The lowest BCUT2D eigenvalue weighted by atomic mass is 10.1. The van der Waals surface area contributed by atoms with Crippen LogP contribution in [0, 0.1) is 0 Å². The number of nitrogens with zero attached hydrogens (tertiary/aromatic N) is 2. The highest BCUT2D eigenvalue weighted by atomic mass is 16.1. The van der Waals surface area contributed by atoms with E-state index in [-0.39, 0.29) is 5.91 Å². The van der Waals surface area contributed by atoms with Gasteiger partial charge in [-0.05, 0) is 56.0 Å². The predicted molar refractivity (Wildman–Crippen MR) is 153 cm³/mol. The molecule has 36 heavy (non-hydrogen) atoms. The molecule has 1 fully saturated rings. The first kappa shape index (κ1) is 27.2. The fourth-order valence-corrected chi connectivity index (χ4v) is 4.29. The standard InChI is InChI=1S/C25H30N4O.C6H10/c1-2-3-12-25(30)28-23-11-7-10-22-21(23)13-14-24(27-22)26-20-15-16-29(18-20)17-19-8-5-4-6-9-19;1-4-5-6(2)3/h4-11,13-14,20H,2-3,12,15-18H2,1H3,(H,26,27)(H,28,30);4H,1-2,5H2,3H3. The number of hydrogen-bond donors (Lipinski definition) is 2. The van der Waals surface area contributed by atoms with E-state index in [4.69, 9.17) is 4.98 Å². The molecule has 190 valence electrons. The SMILES string of the molecule is C=CCC(=C)C.CCCCC(=O)Nc1cccc2nc(NC3CCN(Cc4ccccc4)C3)ccc12. The molecule has 2 aromatic carbocycles. The van der Waals surface area contributed by atoms with Crippen LogP contribution in [-0.4, -0.2) is 34.9 Å². The number of aromatic nitrogens is 1. The largest absolute Gasteiger partial charge is 0.366 e. The van der Waals surface area contributed by atoms with E-state index in [1.54, 1.807) is 0 Å². The first-order valence-electron chi connectivity index (χ1n) is 13.0. The van der Waals surface area contributed by atoms with E-state index in [0.717, 1.165) is 67.7 Å². The van der Waals surface area contributed by atoms with Gasteiger partial charge in [0.2, 0.25) is 5.91 Å². The van der Waals surface area contributed by atoms with Crippen molar-refractivity contribution in [3.63, 3.8) is 0 Å². The number of anilines is 2. The van der Waals surface area contributed by atoms with Gasteiger partial charge in [-0.1, -0.05) is 68.0 Å². The number of allylic oxidation sites excluding steroid dienone is 2. The van der Waals surface area contributed by atoms with Crippen LogP contribution in [-0.2, 0) is 11.3 Å². The number of pyridine rings is 1. The van der Waals surface area contributed by atoms with Gasteiger partial charge in [0.05, 0.1) is 11.2 Å². The summed E-state index contributed by atoms with van der Waals surface area (Å²) in [6.07, 6.45) is 6.39. The topological polar surface area (TPSA) is 57.3 Å². The lowest BCUT2D eigenvalue weighted by molar-refractivity contribution is -0.116. The third kappa shape index (κ3) is 8.65. The number of benzene rings is 2. The molecule has 1 amide bonds. The average molecular weight is 485 g/mol. The van der Waals surface area contributed by atoms with E-state index in [9.17, 15) is 4.79 Å². The van der Waals surface area contributed by atoms with Crippen molar-refractivity contribution in [1.29, 1.82) is 0 Å². The zero-order chi connectivity index (χ0) is 25.8. The molecule has 2 heterocycles. The second-order valence-corrected chi connectivity index (χ2v) is 9.52. The van der Waals surface area contributed by atoms with E-state index in [1.165, 1.54) is 11.1 Å². The van der Waals surface area contributed by atoms with E-state index in [0.29, 0.717) is 12.5 Å². The van der Waals surface area contributed by atoms with Crippen molar-refractivity contribution in [2.24, 2.45) is 0 Å². The maximum absolute atomic E-state index is 12.1. The van der Waals surface area contributed by atoms with Crippen LogP contribution < -0.4 is 10.6 Å². The summed E-state index contributed by atoms with van der Waals surface area (Å²) < 4.78 is 0. The molecule has 1 atom stereocenters. The van der Waals surface area contributed by atoms with Gasteiger partial charge in [-0.15, -0.1) is 6.58 Å². The fraction of sp³-hybridized carbons (Fsp3) is 0.355. The summed E-state index contributed by atoms with van der Waals surface area (Å²) in [4.78, 5) is 19.4. The van der Waals surface area contributed by atoms with Crippen molar-refractivity contribution in [3.05, 3.63) is 91.0 Å². The number of carbonyl (C=O) groups excluding carboxylic acids is 1. The molecule has 1 aliphatic heterocycles. The van der Waals surface area contributed by atoms with Gasteiger partial charge in [-0.2, -0.15) is 0 Å². The van der Waals surface area contributed by atoms with Gasteiger partial charge in [0.1, 0.15) is 5.82 Å². The summed E-state index contributed by atoms with van der Waals surface area (Å²) in [7, 11) is 0. The Morgan fingerprint density at radius 3 is 2.64 bits per heavy atom. The minimum absolute atomic E-state index is 0.0658. The summed E-state index contributed by atoms with van der Waals surface area (Å²) in [6, 6.07) is 21.0. The third-order valence-corrected chi connectivity index (χ3v) is 6.13. The Balaban J connectivity index is 0.000000538. The summed E-state index contributed by atoms with van der Waals surface area (Å²) in [6.45, 7) is 14.4. The van der Waals surface area contributed by atoms with Crippen molar-refractivity contribution in [3.8, 4) is 0 Å². The fourth-order valence-electron chi connectivity index (χ4n) is 4.29. The highest BCUT2D eigenvalue weighted by Gasteiger charge is 2.22. The molecule has 2 N–H and O–H groups in total. The monoisotopic (exact) mass is 484 g/mol.